The van der Waals surface area contributed by atoms with Crippen molar-refractivity contribution in [2.24, 2.45) is 0 Å². The smallest absolute Gasteiger partial charge is 0.324 e. The average molecular weight is 403 g/mol. The van der Waals surface area contributed by atoms with Crippen LogP contribution in [-0.2, 0) is 31.9 Å². The fourth-order valence-electron chi connectivity index (χ4n) is 2.28. The van der Waals surface area contributed by atoms with Crippen LogP contribution in [0.4, 0.5) is 0 Å². The molecule has 0 heterocycles. The number of hydrogen-bond acceptors (Lipinski definition) is 4. The van der Waals surface area contributed by atoms with E-state index >= 15 is 0 Å². The van der Waals surface area contributed by atoms with Gasteiger partial charge in [-0.15, -0.1) is 23.2 Å². The third-order valence-corrected chi connectivity index (χ3v) is 4.48. The zero-order valence-electron chi connectivity index (χ0n) is 15.5. The number of unbranched alkanes of at least 4 members (excludes halogenated alkanes) is 2. The molecule has 0 amide bonds. The molecule has 26 heavy (non-hydrogen) atoms. The number of benzene rings is 1. The summed E-state index contributed by atoms with van der Waals surface area (Å²) >= 11 is 12.3. The zero-order valence-corrected chi connectivity index (χ0v) is 17.0. The first-order chi connectivity index (χ1) is 12.5. The Balaban J connectivity index is 2.53. The molecule has 0 saturated heterocycles. The van der Waals surface area contributed by atoms with Gasteiger partial charge in [0.15, 0.2) is 0 Å². The van der Waals surface area contributed by atoms with Crippen LogP contribution in [-0.4, -0.2) is 35.9 Å². The third kappa shape index (κ3) is 8.91. The lowest BCUT2D eigenvalue weighted by atomic mass is 10.0. The summed E-state index contributed by atoms with van der Waals surface area (Å²) < 4.78 is 10.3. The van der Waals surface area contributed by atoms with Gasteiger partial charge in [0.1, 0.15) is 10.8 Å². The van der Waals surface area contributed by atoms with Crippen LogP contribution < -0.4 is 0 Å². The van der Waals surface area contributed by atoms with Gasteiger partial charge in [0.25, 0.3) is 0 Å². The van der Waals surface area contributed by atoms with Crippen molar-refractivity contribution >= 4 is 35.1 Å². The second-order valence-corrected chi connectivity index (χ2v) is 7.26. The molecule has 0 aliphatic heterocycles. The molecule has 0 fully saturated rings. The molecular weight excluding hydrogens is 375 g/mol. The maximum absolute atomic E-state index is 11.9. The third-order valence-electron chi connectivity index (χ3n) is 3.82. The van der Waals surface area contributed by atoms with Crippen LogP contribution >= 0.6 is 23.2 Å². The minimum absolute atomic E-state index is 0.369. The maximum atomic E-state index is 11.9. The highest BCUT2D eigenvalue weighted by Crippen LogP contribution is 2.16. The number of rotatable bonds is 12. The molecule has 0 bridgehead atoms. The molecular formula is C20H28Cl2O4. The second-order valence-electron chi connectivity index (χ2n) is 6.21. The summed E-state index contributed by atoms with van der Waals surface area (Å²) in [4.78, 5) is 23.7. The van der Waals surface area contributed by atoms with Crippen LogP contribution in [0, 0.1) is 0 Å². The normalized spacial score (nSPS) is 13.1. The standard InChI is InChI=1S/C20H28Cl2O4/c1-3-5-10-25-19(23)17(21)13-15-8-7-9-16(12-15)14-18(22)20(24)26-11-6-4-2/h7-9,12,17-18H,3-6,10-11,13-14H2,1-2H3. The van der Waals surface area contributed by atoms with Crippen molar-refractivity contribution in [2.45, 2.75) is 63.1 Å². The van der Waals surface area contributed by atoms with E-state index in [2.05, 4.69) is 0 Å². The van der Waals surface area contributed by atoms with Crippen LogP contribution in [0.3, 0.4) is 0 Å². The Morgan fingerprint density at radius 3 is 1.69 bits per heavy atom. The van der Waals surface area contributed by atoms with Crippen molar-refractivity contribution < 1.29 is 19.1 Å². The number of alkyl halides is 2. The molecule has 1 rings (SSSR count). The molecule has 146 valence electrons. The molecule has 1 aromatic rings. The first-order valence-corrected chi connectivity index (χ1v) is 10.0. The summed E-state index contributed by atoms with van der Waals surface area (Å²) in [6, 6.07) is 7.55. The second kappa shape index (κ2) is 13.0. The van der Waals surface area contributed by atoms with E-state index in [1.165, 1.54) is 0 Å². The Labute approximate surface area is 166 Å². The van der Waals surface area contributed by atoms with Crippen molar-refractivity contribution in [1.29, 1.82) is 0 Å². The van der Waals surface area contributed by atoms with E-state index in [9.17, 15) is 9.59 Å². The van der Waals surface area contributed by atoms with E-state index in [-0.39, 0.29) is 0 Å². The van der Waals surface area contributed by atoms with Crippen molar-refractivity contribution in [3.63, 3.8) is 0 Å². The Kier molecular flexibility index (Phi) is 11.4. The van der Waals surface area contributed by atoms with Gasteiger partial charge in [-0.05, 0) is 36.8 Å². The highest BCUT2D eigenvalue weighted by Gasteiger charge is 2.20. The summed E-state index contributed by atoms with van der Waals surface area (Å²) in [5.41, 5.74) is 1.80. The monoisotopic (exact) mass is 402 g/mol. The Bertz CT molecular complexity index is 517. The summed E-state index contributed by atoms with van der Waals surface area (Å²) in [7, 11) is 0. The molecule has 0 radical (unpaired) electrons. The Morgan fingerprint density at radius 1 is 0.885 bits per heavy atom. The van der Waals surface area contributed by atoms with E-state index in [1.807, 2.05) is 38.1 Å². The van der Waals surface area contributed by atoms with Gasteiger partial charge in [0.05, 0.1) is 13.2 Å². The summed E-state index contributed by atoms with van der Waals surface area (Å²) in [6.45, 7) is 4.85. The SMILES string of the molecule is CCCCOC(=O)C(Cl)Cc1cccc(CC(Cl)C(=O)OCCCC)c1. The highest BCUT2D eigenvalue weighted by molar-refractivity contribution is 6.30. The predicted octanol–water partition coefficient (Wildman–Crippen LogP) is 4.67. The van der Waals surface area contributed by atoms with Crippen LogP contribution in [0.1, 0.15) is 50.7 Å². The van der Waals surface area contributed by atoms with Crippen molar-refractivity contribution in [2.75, 3.05) is 13.2 Å². The molecule has 2 atom stereocenters. The van der Waals surface area contributed by atoms with Gasteiger partial charge in [-0.25, -0.2) is 0 Å². The fourth-order valence-corrected chi connectivity index (χ4v) is 2.76. The molecule has 0 spiro atoms. The van der Waals surface area contributed by atoms with Gasteiger partial charge in [-0.1, -0.05) is 51.0 Å². The summed E-state index contributed by atoms with van der Waals surface area (Å²) in [5.74, 6) is -0.805. The number of ether oxygens (including phenoxy) is 2. The lowest BCUT2D eigenvalue weighted by Crippen LogP contribution is -2.22. The maximum Gasteiger partial charge on any atom is 0.324 e. The lowest BCUT2D eigenvalue weighted by Gasteiger charge is -2.12. The molecule has 0 aliphatic carbocycles. The summed E-state index contributed by atoms with van der Waals surface area (Å²) in [5, 5.41) is -1.46. The van der Waals surface area contributed by atoms with Crippen molar-refractivity contribution in [1.82, 2.24) is 0 Å². The molecule has 0 aliphatic rings. The van der Waals surface area contributed by atoms with Gasteiger partial charge >= 0.3 is 11.9 Å². The van der Waals surface area contributed by atoms with E-state index in [4.69, 9.17) is 32.7 Å². The van der Waals surface area contributed by atoms with E-state index < -0.39 is 22.7 Å². The van der Waals surface area contributed by atoms with Gasteiger partial charge in [-0.3, -0.25) is 9.59 Å². The predicted molar refractivity (Wildman–Crippen MR) is 105 cm³/mol. The number of halogens is 2. The van der Waals surface area contributed by atoms with E-state index in [1.54, 1.807) is 0 Å². The molecule has 1 aromatic carbocycles. The van der Waals surface area contributed by atoms with Gasteiger partial charge in [0, 0.05) is 0 Å². The first-order valence-electron chi connectivity index (χ1n) is 9.17. The fraction of sp³-hybridized carbons (Fsp3) is 0.600. The summed E-state index contributed by atoms with van der Waals surface area (Å²) in [6.07, 6.45) is 4.32. The molecule has 2 unspecified atom stereocenters. The molecule has 4 nitrogen and oxygen atoms in total. The number of esters is 2. The minimum Gasteiger partial charge on any atom is -0.465 e. The average Bonchev–Trinajstić information content (AvgIpc) is 2.62. The largest absolute Gasteiger partial charge is 0.465 e. The zero-order chi connectivity index (χ0) is 19.4. The van der Waals surface area contributed by atoms with Crippen LogP contribution in [0.2, 0.25) is 0 Å². The quantitative estimate of drug-likeness (QED) is 0.289. The minimum atomic E-state index is -0.729. The molecule has 0 N–H and O–H groups in total. The topological polar surface area (TPSA) is 52.6 Å². The van der Waals surface area contributed by atoms with E-state index in [0.29, 0.717) is 26.1 Å². The van der Waals surface area contributed by atoms with Gasteiger partial charge in [0.2, 0.25) is 0 Å². The Hall–Kier alpha value is -1.26. The highest BCUT2D eigenvalue weighted by atomic mass is 35.5. The number of carbonyl (C=O) groups excluding carboxylic acids is 2. The number of carbonyl (C=O) groups is 2. The number of hydrogen-bond donors (Lipinski definition) is 0. The van der Waals surface area contributed by atoms with Crippen LogP contribution in [0.25, 0.3) is 0 Å². The van der Waals surface area contributed by atoms with E-state index in [0.717, 1.165) is 36.8 Å². The molecule has 6 heteroatoms. The van der Waals surface area contributed by atoms with Crippen LogP contribution in [0.15, 0.2) is 24.3 Å². The van der Waals surface area contributed by atoms with Crippen molar-refractivity contribution in [3.8, 4) is 0 Å². The van der Waals surface area contributed by atoms with Gasteiger partial charge in [-0.2, -0.15) is 0 Å². The van der Waals surface area contributed by atoms with Gasteiger partial charge < -0.3 is 9.47 Å². The molecule has 0 saturated carbocycles. The lowest BCUT2D eigenvalue weighted by molar-refractivity contribution is -0.144. The first kappa shape index (κ1) is 22.8. The Morgan fingerprint density at radius 2 is 1.31 bits per heavy atom. The van der Waals surface area contributed by atoms with Crippen molar-refractivity contribution in [3.05, 3.63) is 35.4 Å². The van der Waals surface area contributed by atoms with Crippen LogP contribution in [0.5, 0.6) is 0 Å². The molecule has 0 aromatic heterocycles.